The molecule has 1 rings (SSSR count). The van der Waals surface area contributed by atoms with Gasteiger partial charge in [-0.3, -0.25) is 4.72 Å². The highest BCUT2D eigenvalue weighted by atomic mass is 32.2. The quantitative estimate of drug-likeness (QED) is 0.763. The van der Waals surface area contributed by atoms with Crippen LogP contribution in [-0.2, 0) is 10.0 Å². The molecule has 1 aromatic carbocycles. The van der Waals surface area contributed by atoms with E-state index in [1.807, 2.05) is 6.92 Å². The summed E-state index contributed by atoms with van der Waals surface area (Å²) in [6.45, 7) is 1.94. The summed E-state index contributed by atoms with van der Waals surface area (Å²) in [4.78, 5) is 0. The second-order valence-corrected chi connectivity index (χ2v) is 5.58. The number of rotatable bonds is 6. The van der Waals surface area contributed by atoms with Crippen molar-refractivity contribution in [3.8, 4) is 5.75 Å². The van der Waals surface area contributed by atoms with Crippen molar-refractivity contribution in [3.63, 3.8) is 0 Å². The maximum Gasteiger partial charge on any atom is 0.232 e. The van der Waals surface area contributed by atoms with Gasteiger partial charge in [0, 0.05) is 11.8 Å². The van der Waals surface area contributed by atoms with Gasteiger partial charge in [0.25, 0.3) is 0 Å². The zero-order chi connectivity index (χ0) is 12.9. The molecule has 17 heavy (non-hydrogen) atoms. The van der Waals surface area contributed by atoms with Gasteiger partial charge in [0.15, 0.2) is 0 Å². The SMILES string of the molecule is CCCCS(=O)(=O)Nc1ccc(N)cc1OC. The van der Waals surface area contributed by atoms with Crippen molar-refractivity contribution in [2.75, 3.05) is 23.3 Å². The Labute approximate surface area is 102 Å². The van der Waals surface area contributed by atoms with Gasteiger partial charge < -0.3 is 10.5 Å². The van der Waals surface area contributed by atoms with Crippen LogP contribution in [0.15, 0.2) is 18.2 Å². The Bertz CT molecular complexity index is 472. The monoisotopic (exact) mass is 258 g/mol. The molecule has 96 valence electrons. The van der Waals surface area contributed by atoms with Crippen LogP contribution in [-0.4, -0.2) is 21.3 Å². The lowest BCUT2D eigenvalue weighted by molar-refractivity contribution is 0.417. The molecule has 6 heteroatoms. The largest absolute Gasteiger partial charge is 0.494 e. The van der Waals surface area contributed by atoms with Gasteiger partial charge in [-0.15, -0.1) is 0 Å². The van der Waals surface area contributed by atoms with E-state index >= 15 is 0 Å². The maximum atomic E-state index is 11.7. The van der Waals surface area contributed by atoms with Crippen molar-refractivity contribution in [2.24, 2.45) is 0 Å². The molecule has 0 amide bonds. The first kappa shape index (κ1) is 13.6. The maximum absolute atomic E-state index is 11.7. The minimum absolute atomic E-state index is 0.108. The minimum Gasteiger partial charge on any atom is -0.494 e. The summed E-state index contributed by atoms with van der Waals surface area (Å²) < 4.78 is 31.0. The summed E-state index contributed by atoms with van der Waals surface area (Å²) in [5, 5.41) is 0. The molecule has 0 radical (unpaired) electrons. The molecule has 0 aliphatic rings. The van der Waals surface area contributed by atoms with Gasteiger partial charge in [0.1, 0.15) is 5.75 Å². The molecule has 0 saturated carbocycles. The molecule has 0 heterocycles. The number of hydrogen-bond acceptors (Lipinski definition) is 4. The molecule has 0 spiro atoms. The molecule has 0 aliphatic heterocycles. The Kier molecular flexibility index (Phi) is 4.62. The van der Waals surface area contributed by atoms with Crippen molar-refractivity contribution in [1.29, 1.82) is 0 Å². The summed E-state index contributed by atoms with van der Waals surface area (Å²) in [6.07, 6.45) is 1.46. The van der Waals surface area contributed by atoms with Gasteiger partial charge in [-0.2, -0.15) is 0 Å². The highest BCUT2D eigenvalue weighted by Gasteiger charge is 2.12. The average molecular weight is 258 g/mol. The molecule has 0 atom stereocenters. The third-order valence-corrected chi connectivity index (χ3v) is 3.61. The summed E-state index contributed by atoms with van der Waals surface area (Å²) in [5.41, 5.74) is 6.53. The van der Waals surface area contributed by atoms with E-state index in [1.165, 1.54) is 7.11 Å². The summed E-state index contributed by atoms with van der Waals surface area (Å²) >= 11 is 0. The average Bonchev–Trinajstić information content (AvgIpc) is 2.28. The van der Waals surface area contributed by atoms with E-state index < -0.39 is 10.0 Å². The van der Waals surface area contributed by atoms with E-state index in [9.17, 15) is 8.42 Å². The van der Waals surface area contributed by atoms with Crippen LogP contribution in [0.5, 0.6) is 5.75 Å². The lowest BCUT2D eigenvalue weighted by Gasteiger charge is -2.12. The molecule has 1 aromatic rings. The Hall–Kier alpha value is -1.43. The third kappa shape index (κ3) is 4.14. The molecule has 5 nitrogen and oxygen atoms in total. The Morgan fingerprint density at radius 2 is 2.12 bits per heavy atom. The Morgan fingerprint density at radius 3 is 2.71 bits per heavy atom. The van der Waals surface area contributed by atoms with E-state index in [-0.39, 0.29) is 5.75 Å². The van der Waals surface area contributed by atoms with Crippen LogP contribution in [0.25, 0.3) is 0 Å². The summed E-state index contributed by atoms with van der Waals surface area (Å²) in [6, 6.07) is 4.80. The number of benzene rings is 1. The van der Waals surface area contributed by atoms with Crippen LogP contribution in [0, 0.1) is 0 Å². The second-order valence-electron chi connectivity index (χ2n) is 3.73. The van der Waals surface area contributed by atoms with E-state index in [0.29, 0.717) is 23.5 Å². The van der Waals surface area contributed by atoms with Crippen molar-refractivity contribution < 1.29 is 13.2 Å². The van der Waals surface area contributed by atoms with Gasteiger partial charge in [0.2, 0.25) is 10.0 Å². The van der Waals surface area contributed by atoms with E-state index in [4.69, 9.17) is 10.5 Å². The number of sulfonamides is 1. The molecule has 0 bridgehead atoms. The molecule has 0 aliphatic carbocycles. The van der Waals surface area contributed by atoms with Gasteiger partial charge in [-0.25, -0.2) is 8.42 Å². The molecule has 3 N–H and O–H groups in total. The Morgan fingerprint density at radius 1 is 1.41 bits per heavy atom. The lowest BCUT2D eigenvalue weighted by Crippen LogP contribution is -2.17. The summed E-state index contributed by atoms with van der Waals surface area (Å²) in [5.74, 6) is 0.530. The first-order valence-corrected chi connectivity index (χ1v) is 7.07. The molecule has 0 saturated heterocycles. The van der Waals surface area contributed by atoms with Crippen molar-refractivity contribution >= 4 is 21.4 Å². The van der Waals surface area contributed by atoms with Crippen molar-refractivity contribution in [2.45, 2.75) is 19.8 Å². The number of ether oxygens (including phenoxy) is 1. The van der Waals surface area contributed by atoms with Gasteiger partial charge in [-0.05, 0) is 18.6 Å². The molecule has 0 aromatic heterocycles. The van der Waals surface area contributed by atoms with Crippen LogP contribution in [0.4, 0.5) is 11.4 Å². The van der Waals surface area contributed by atoms with Gasteiger partial charge in [-0.1, -0.05) is 13.3 Å². The first-order valence-electron chi connectivity index (χ1n) is 5.42. The van der Waals surface area contributed by atoms with E-state index in [1.54, 1.807) is 18.2 Å². The van der Waals surface area contributed by atoms with Crippen LogP contribution >= 0.6 is 0 Å². The van der Waals surface area contributed by atoms with E-state index in [2.05, 4.69) is 4.72 Å². The number of unbranched alkanes of at least 4 members (excludes halogenated alkanes) is 1. The number of anilines is 2. The minimum atomic E-state index is -3.31. The van der Waals surface area contributed by atoms with Crippen LogP contribution < -0.4 is 15.2 Å². The normalized spacial score (nSPS) is 11.2. The predicted molar refractivity (Wildman–Crippen MR) is 69.7 cm³/mol. The number of hydrogen-bond donors (Lipinski definition) is 2. The fourth-order valence-corrected chi connectivity index (χ4v) is 2.62. The number of nitrogen functional groups attached to an aromatic ring is 1. The van der Waals surface area contributed by atoms with Gasteiger partial charge >= 0.3 is 0 Å². The third-order valence-electron chi connectivity index (χ3n) is 2.26. The second kappa shape index (κ2) is 5.77. The van der Waals surface area contributed by atoms with Crippen molar-refractivity contribution in [1.82, 2.24) is 0 Å². The zero-order valence-electron chi connectivity index (χ0n) is 10.1. The lowest BCUT2D eigenvalue weighted by atomic mass is 10.2. The molecule has 0 unspecified atom stereocenters. The topological polar surface area (TPSA) is 81.4 Å². The fraction of sp³-hybridized carbons (Fsp3) is 0.455. The summed E-state index contributed by atoms with van der Waals surface area (Å²) in [7, 11) is -1.84. The number of methoxy groups -OCH3 is 1. The zero-order valence-corrected chi connectivity index (χ0v) is 10.9. The smallest absolute Gasteiger partial charge is 0.232 e. The standard InChI is InChI=1S/C11H18N2O3S/c1-3-4-7-17(14,15)13-10-6-5-9(12)8-11(10)16-2/h5-6,8,13H,3-4,7,12H2,1-2H3. The molecule has 0 fully saturated rings. The van der Waals surface area contributed by atoms with Crippen molar-refractivity contribution in [3.05, 3.63) is 18.2 Å². The fourth-order valence-electron chi connectivity index (χ4n) is 1.35. The highest BCUT2D eigenvalue weighted by molar-refractivity contribution is 7.92. The van der Waals surface area contributed by atoms with Gasteiger partial charge in [0.05, 0.1) is 18.6 Å². The molecular formula is C11H18N2O3S. The van der Waals surface area contributed by atoms with E-state index in [0.717, 1.165) is 6.42 Å². The first-order chi connectivity index (χ1) is 7.98. The number of nitrogens with two attached hydrogens (primary N) is 1. The highest BCUT2D eigenvalue weighted by Crippen LogP contribution is 2.27. The van der Waals surface area contributed by atoms with Crippen LogP contribution in [0.1, 0.15) is 19.8 Å². The molecular weight excluding hydrogens is 240 g/mol. The predicted octanol–water partition coefficient (Wildman–Crippen LogP) is 1.82. The van der Waals surface area contributed by atoms with Crippen LogP contribution in [0.3, 0.4) is 0 Å². The van der Waals surface area contributed by atoms with Crippen LogP contribution in [0.2, 0.25) is 0 Å². The number of nitrogens with one attached hydrogen (secondary N) is 1. The Balaban J connectivity index is 2.87.